The lowest BCUT2D eigenvalue weighted by Gasteiger charge is -2.22. The molecule has 0 spiro atoms. The summed E-state index contributed by atoms with van der Waals surface area (Å²) in [5.41, 5.74) is 2.25. The van der Waals surface area contributed by atoms with Crippen molar-refractivity contribution < 1.29 is 22.7 Å². The summed E-state index contributed by atoms with van der Waals surface area (Å²) in [5.74, 6) is 0.872. The molecule has 0 fully saturated rings. The number of aryl methyl sites for hydroxylation is 1. The average Bonchev–Trinajstić information content (AvgIpc) is 2.83. The lowest BCUT2D eigenvalue weighted by Crippen LogP contribution is -2.39. The number of carbonyl (C=O) groups is 1. The molecule has 3 aromatic carbocycles. The van der Waals surface area contributed by atoms with Crippen molar-refractivity contribution in [2.24, 2.45) is 0 Å². The fourth-order valence-corrected chi connectivity index (χ4v) is 4.99. The topological polar surface area (TPSA) is 84.9 Å². The summed E-state index contributed by atoms with van der Waals surface area (Å²) in [5, 5.41) is 2.77. The maximum atomic E-state index is 13.5. The summed E-state index contributed by atoms with van der Waals surface area (Å²) in [4.78, 5) is 12.9. The Balaban J connectivity index is 1.80. The van der Waals surface area contributed by atoms with E-state index in [0.29, 0.717) is 35.8 Å². The van der Waals surface area contributed by atoms with E-state index in [9.17, 15) is 13.2 Å². The van der Waals surface area contributed by atoms with E-state index in [0.717, 1.165) is 5.56 Å². The van der Waals surface area contributed by atoms with Gasteiger partial charge in [0.1, 0.15) is 11.5 Å². The van der Waals surface area contributed by atoms with E-state index in [2.05, 4.69) is 5.32 Å². The molecule has 3 aromatic rings. The van der Waals surface area contributed by atoms with Gasteiger partial charge in [-0.3, -0.25) is 4.79 Å². The van der Waals surface area contributed by atoms with Crippen LogP contribution in [0.25, 0.3) is 0 Å². The first-order valence-corrected chi connectivity index (χ1v) is 12.5. The molecule has 0 saturated carbocycles. The Morgan fingerprint density at radius 2 is 1.71 bits per heavy atom. The van der Waals surface area contributed by atoms with Crippen LogP contribution in [0.5, 0.6) is 11.5 Å². The van der Waals surface area contributed by atoms with Gasteiger partial charge in [-0.05, 0) is 73.9 Å². The molecule has 0 radical (unpaired) electrons. The molecule has 0 aliphatic heterocycles. The Bertz CT molecular complexity index is 1200. The second-order valence-electron chi connectivity index (χ2n) is 7.71. The third-order valence-corrected chi connectivity index (χ3v) is 7.11. The minimum absolute atomic E-state index is 0.118. The standard InChI is InChI=1S/C26H30N2O5S/c1-4-33-23-12-10-22(11-13-23)27-26(29)19-28(17-16-21-8-6-5-7-9-21)34(30,31)24-14-15-25(32-3)20(2)18-24/h5-15,18H,4,16-17,19H2,1-3H3,(H,27,29). The molecule has 7 nitrogen and oxygen atoms in total. The monoisotopic (exact) mass is 482 g/mol. The van der Waals surface area contributed by atoms with Crippen molar-refractivity contribution in [2.45, 2.75) is 25.2 Å². The zero-order chi connectivity index (χ0) is 24.6. The van der Waals surface area contributed by atoms with E-state index in [4.69, 9.17) is 9.47 Å². The zero-order valence-corrected chi connectivity index (χ0v) is 20.5. The molecular formula is C26H30N2O5S. The van der Waals surface area contributed by atoms with Gasteiger partial charge in [-0.2, -0.15) is 4.31 Å². The van der Waals surface area contributed by atoms with E-state index < -0.39 is 15.9 Å². The molecule has 0 saturated heterocycles. The molecule has 0 aliphatic rings. The van der Waals surface area contributed by atoms with Crippen molar-refractivity contribution in [1.82, 2.24) is 4.31 Å². The molecule has 34 heavy (non-hydrogen) atoms. The van der Waals surface area contributed by atoms with Gasteiger partial charge in [0.05, 0.1) is 25.2 Å². The van der Waals surface area contributed by atoms with E-state index in [1.54, 1.807) is 43.3 Å². The zero-order valence-electron chi connectivity index (χ0n) is 19.7. The van der Waals surface area contributed by atoms with Crippen LogP contribution in [0.4, 0.5) is 5.69 Å². The predicted octanol–water partition coefficient (Wildman–Crippen LogP) is 4.27. The predicted molar refractivity (Wildman–Crippen MR) is 133 cm³/mol. The van der Waals surface area contributed by atoms with E-state index in [1.165, 1.54) is 17.5 Å². The number of amides is 1. The van der Waals surface area contributed by atoms with Gasteiger partial charge in [0.25, 0.3) is 0 Å². The molecule has 0 aromatic heterocycles. The SMILES string of the molecule is CCOc1ccc(NC(=O)CN(CCc2ccccc2)S(=O)(=O)c2ccc(OC)c(C)c2)cc1. The maximum absolute atomic E-state index is 13.5. The van der Waals surface area contributed by atoms with Gasteiger partial charge in [0, 0.05) is 12.2 Å². The van der Waals surface area contributed by atoms with E-state index >= 15 is 0 Å². The average molecular weight is 483 g/mol. The number of methoxy groups -OCH3 is 1. The Kier molecular flexibility index (Phi) is 8.67. The molecule has 1 N–H and O–H groups in total. The number of ether oxygens (including phenoxy) is 2. The van der Waals surface area contributed by atoms with Crippen molar-refractivity contribution in [3.8, 4) is 11.5 Å². The number of benzene rings is 3. The van der Waals surface area contributed by atoms with Gasteiger partial charge in [-0.25, -0.2) is 8.42 Å². The van der Waals surface area contributed by atoms with Gasteiger partial charge in [-0.1, -0.05) is 30.3 Å². The smallest absolute Gasteiger partial charge is 0.243 e. The molecule has 1 amide bonds. The van der Waals surface area contributed by atoms with Crippen LogP contribution >= 0.6 is 0 Å². The van der Waals surface area contributed by atoms with Gasteiger partial charge >= 0.3 is 0 Å². The van der Waals surface area contributed by atoms with Crippen LogP contribution in [-0.4, -0.2) is 45.4 Å². The van der Waals surface area contributed by atoms with Gasteiger partial charge in [0.2, 0.25) is 15.9 Å². The van der Waals surface area contributed by atoms with Crippen molar-refractivity contribution in [3.63, 3.8) is 0 Å². The van der Waals surface area contributed by atoms with Crippen LogP contribution in [0.2, 0.25) is 0 Å². The largest absolute Gasteiger partial charge is 0.496 e. The highest BCUT2D eigenvalue weighted by atomic mass is 32.2. The second kappa shape index (κ2) is 11.7. The normalized spacial score (nSPS) is 11.3. The first-order valence-electron chi connectivity index (χ1n) is 11.0. The first-order chi connectivity index (χ1) is 16.3. The molecule has 0 aliphatic carbocycles. The molecule has 0 heterocycles. The summed E-state index contributed by atoms with van der Waals surface area (Å²) in [6, 6.07) is 21.2. The second-order valence-corrected chi connectivity index (χ2v) is 9.65. The number of nitrogens with zero attached hydrogens (tertiary/aromatic N) is 1. The fourth-order valence-electron chi connectivity index (χ4n) is 3.50. The minimum Gasteiger partial charge on any atom is -0.496 e. The third-order valence-electron chi connectivity index (χ3n) is 5.27. The number of carbonyl (C=O) groups excluding carboxylic acids is 1. The summed E-state index contributed by atoms with van der Waals surface area (Å²) >= 11 is 0. The number of rotatable bonds is 11. The van der Waals surface area contributed by atoms with Crippen molar-refractivity contribution in [2.75, 3.05) is 32.1 Å². The van der Waals surface area contributed by atoms with Crippen LogP contribution < -0.4 is 14.8 Å². The highest BCUT2D eigenvalue weighted by Crippen LogP contribution is 2.24. The number of anilines is 1. The number of hydrogen-bond donors (Lipinski definition) is 1. The summed E-state index contributed by atoms with van der Waals surface area (Å²) < 4.78 is 38.9. The molecular weight excluding hydrogens is 452 g/mol. The van der Waals surface area contributed by atoms with Gasteiger partial charge in [0.15, 0.2) is 0 Å². The molecule has 180 valence electrons. The summed E-state index contributed by atoms with van der Waals surface area (Å²) in [7, 11) is -2.39. The van der Waals surface area contributed by atoms with Crippen molar-refractivity contribution in [1.29, 1.82) is 0 Å². The Hall–Kier alpha value is -3.36. The minimum atomic E-state index is -3.92. The molecule has 0 atom stereocenters. The molecule has 8 heteroatoms. The lowest BCUT2D eigenvalue weighted by molar-refractivity contribution is -0.116. The molecule has 0 bridgehead atoms. The van der Waals surface area contributed by atoms with Crippen molar-refractivity contribution in [3.05, 3.63) is 83.9 Å². The Morgan fingerprint density at radius 1 is 1.00 bits per heavy atom. The van der Waals surface area contributed by atoms with Gasteiger partial charge in [-0.15, -0.1) is 0 Å². The summed E-state index contributed by atoms with van der Waals surface area (Å²) in [6.07, 6.45) is 0.478. The van der Waals surface area contributed by atoms with Crippen LogP contribution in [0.1, 0.15) is 18.1 Å². The number of sulfonamides is 1. The number of nitrogens with one attached hydrogen (secondary N) is 1. The van der Waals surface area contributed by atoms with E-state index in [1.807, 2.05) is 37.3 Å². The maximum Gasteiger partial charge on any atom is 0.243 e. The summed E-state index contributed by atoms with van der Waals surface area (Å²) in [6.45, 7) is 4.07. The highest BCUT2D eigenvalue weighted by Gasteiger charge is 2.27. The van der Waals surface area contributed by atoms with Gasteiger partial charge < -0.3 is 14.8 Å². The Labute approximate surface area is 201 Å². The first kappa shape index (κ1) is 25.3. The Morgan fingerprint density at radius 3 is 2.32 bits per heavy atom. The molecule has 3 rings (SSSR count). The number of hydrogen-bond acceptors (Lipinski definition) is 5. The fraction of sp³-hybridized carbons (Fsp3) is 0.269. The quantitative estimate of drug-likeness (QED) is 0.441. The van der Waals surface area contributed by atoms with Crippen LogP contribution in [0, 0.1) is 6.92 Å². The van der Waals surface area contributed by atoms with Crippen LogP contribution in [0.15, 0.2) is 77.7 Å². The molecule has 0 unspecified atom stereocenters. The highest BCUT2D eigenvalue weighted by molar-refractivity contribution is 7.89. The van der Waals surface area contributed by atoms with E-state index in [-0.39, 0.29) is 18.0 Å². The van der Waals surface area contributed by atoms with Crippen LogP contribution in [-0.2, 0) is 21.2 Å². The lowest BCUT2D eigenvalue weighted by atomic mass is 10.1. The van der Waals surface area contributed by atoms with Crippen molar-refractivity contribution >= 4 is 21.6 Å². The third kappa shape index (κ3) is 6.59. The van der Waals surface area contributed by atoms with Crippen LogP contribution in [0.3, 0.4) is 0 Å².